The molecule has 0 amide bonds. The second-order valence-electron chi connectivity index (χ2n) is 5.44. The Bertz CT molecular complexity index is 768. The van der Waals surface area contributed by atoms with Crippen molar-refractivity contribution in [2.24, 2.45) is 20.0 Å². The summed E-state index contributed by atoms with van der Waals surface area (Å²) in [4.78, 5) is 24.4. The molecule has 8 nitrogen and oxygen atoms in total. The van der Waals surface area contributed by atoms with Gasteiger partial charge in [0.25, 0.3) is 5.56 Å². The normalized spacial score (nSPS) is 11.1. The van der Waals surface area contributed by atoms with Crippen molar-refractivity contribution in [2.45, 2.75) is 20.4 Å². The first kappa shape index (κ1) is 14.9. The number of nitrogens with one attached hydrogen (secondary N) is 1. The van der Waals surface area contributed by atoms with E-state index in [0.29, 0.717) is 12.2 Å². The Labute approximate surface area is 121 Å². The van der Waals surface area contributed by atoms with Gasteiger partial charge in [0.2, 0.25) is 0 Å². The predicted octanol–water partition coefficient (Wildman–Crippen LogP) is 0.262. The standard InChI is InChI=1S/C13H20N6O2/c1-8(2)6-19-11(14)10(12(20)18(4)13(19)21)16-9-5-15-17(3)7-9/h5,7-8,16H,6,14H2,1-4H3. The van der Waals surface area contributed by atoms with Crippen molar-refractivity contribution in [3.8, 4) is 0 Å². The fourth-order valence-corrected chi connectivity index (χ4v) is 2.07. The molecule has 0 spiro atoms. The zero-order valence-corrected chi connectivity index (χ0v) is 12.6. The van der Waals surface area contributed by atoms with Crippen LogP contribution in [0.2, 0.25) is 0 Å². The molecule has 0 atom stereocenters. The summed E-state index contributed by atoms with van der Waals surface area (Å²) in [5.74, 6) is 0.370. The van der Waals surface area contributed by atoms with E-state index in [2.05, 4.69) is 10.4 Å². The van der Waals surface area contributed by atoms with Gasteiger partial charge < -0.3 is 11.1 Å². The Morgan fingerprint density at radius 2 is 2.00 bits per heavy atom. The Balaban J connectivity index is 2.57. The van der Waals surface area contributed by atoms with Crippen LogP contribution in [0.3, 0.4) is 0 Å². The maximum absolute atomic E-state index is 12.2. The van der Waals surface area contributed by atoms with Crippen molar-refractivity contribution < 1.29 is 0 Å². The number of aromatic nitrogens is 4. The molecular weight excluding hydrogens is 272 g/mol. The van der Waals surface area contributed by atoms with Crippen LogP contribution in [0.1, 0.15) is 13.8 Å². The van der Waals surface area contributed by atoms with Gasteiger partial charge in [-0.05, 0) is 5.92 Å². The van der Waals surface area contributed by atoms with Crippen LogP contribution in [-0.4, -0.2) is 18.9 Å². The van der Waals surface area contributed by atoms with Crippen LogP contribution in [0.25, 0.3) is 0 Å². The van der Waals surface area contributed by atoms with E-state index in [-0.39, 0.29) is 17.4 Å². The summed E-state index contributed by atoms with van der Waals surface area (Å²) < 4.78 is 4.06. The van der Waals surface area contributed by atoms with Crippen molar-refractivity contribution in [3.05, 3.63) is 33.2 Å². The molecule has 2 aromatic heterocycles. The lowest BCUT2D eigenvalue weighted by Crippen LogP contribution is -2.41. The average Bonchev–Trinajstić information content (AvgIpc) is 2.83. The first-order valence-corrected chi connectivity index (χ1v) is 6.66. The largest absolute Gasteiger partial charge is 0.383 e. The van der Waals surface area contributed by atoms with Crippen molar-refractivity contribution >= 4 is 17.2 Å². The smallest absolute Gasteiger partial charge is 0.332 e. The molecule has 0 aliphatic heterocycles. The first-order chi connectivity index (χ1) is 9.81. The summed E-state index contributed by atoms with van der Waals surface area (Å²) in [5.41, 5.74) is 5.97. The van der Waals surface area contributed by atoms with Gasteiger partial charge in [-0.15, -0.1) is 0 Å². The molecule has 114 valence electrons. The highest BCUT2D eigenvalue weighted by Gasteiger charge is 2.16. The van der Waals surface area contributed by atoms with Crippen LogP contribution < -0.4 is 22.3 Å². The summed E-state index contributed by atoms with van der Waals surface area (Å²) in [6, 6.07) is 0. The molecule has 21 heavy (non-hydrogen) atoms. The lowest BCUT2D eigenvalue weighted by molar-refractivity contribution is 0.494. The van der Waals surface area contributed by atoms with Gasteiger partial charge in [0.1, 0.15) is 11.5 Å². The molecule has 0 aliphatic rings. The Kier molecular flexibility index (Phi) is 3.88. The highest BCUT2D eigenvalue weighted by Crippen LogP contribution is 2.18. The van der Waals surface area contributed by atoms with Gasteiger partial charge >= 0.3 is 5.69 Å². The first-order valence-electron chi connectivity index (χ1n) is 6.66. The highest BCUT2D eigenvalue weighted by atomic mass is 16.2. The summed E-state index contributed by atoms with van der Waals surface area (Å²) in [6.07, 6.45) is 3.30. The molecular formula is C13H20N6O2. The fourth-order valence-electron chi connectivity index (χ4n) is 2.07. The molecule has 0 fully saturated rings. The van der Waals surface area contributed by atoms with Crippen LogP contribution in [0, 0.1) is 5.92 Å². The fraction of sp³-hybridized carbons (Fsp3) is 0.462. The molecule has 0 saturated heterocycles. The van der Waals surface area contributed by atoms with Crippen LogP contribution in [-0.2, 0) is 20.6 Å². The second kappa shape index (κ2) is 5.47. The van der Waals surface area contributed by atoms with Gasteiger partial charge in [-0.25, -0.2) is 4.79 Å². The maximum Gasteiger partial charge on any atom is 0.332 e. The summed E-state index contributed by atoms with van der Waals surface area (Å²) in [6.45, 7) is 4.40. The van der Waals surface area contributed by atoms with Crippen LogP contribution in [0.4, 0.5) is 17.2 Å². The van der Waals surface area contributed by atoms with E-state index in [1.54, 1.807) is 24.1 Å². The van der Waals surface area contributed by atoms with Gasteiger partial charge in [-0.2, -0.15) is 5.10 Å². The zero-order chi connectivity index (χ0) is 15.7. The third-order valence-electron chi connectivity index (χ3n) is 3.11. The molecule has 0 aromatic carbocycles. The Morgan fingerprint density at radius 1 is 1.33 bits per heavy atom. The molecule has 2 heterocycles. The van der Waals surface area contributed by atoms with Gasteiger partial charge in [-0.1, -0.05) is 13.8 Å². The molecule has 0 saturated carbocycles. The third kappa shape index (κ3) is 2.83. The average molecular weight is 292 g/mol. The molecule has 3 N–H and O–H groups in total. The molecule has 0 unspecified atom stereocenters. The molecule has 0 radical (unpaired) electrons. The van der Waals surface area contributed by atoms with E-state index in [9.17, 15) is 9.59 Å². The van der Waals surface area contributed by atoms with Gasteiger partial charge in [0.05, 0.1) is 11.9 Å². The van der Waals surface area contributed by atoms with Crippen LogP contribution in [0.5, 0.6) is 0 Å². The zero-order valence-electron chi connectivity index (χ0n) is 12.6. The van der Waals surface area contributed by atoms with Gasteiger partial charge in [0, 0.05) is 26.8 Å². The van der Waals surface area contributed by atoms with E-state index in [1.165, 1.54) is 11.6 Å². The molecule has 2 rings (SSSR count). The summed E-state index contributed by atoms with van der Waals surface area (Å²) >= 11 is 0. The summed E-state index contributed by atoms with van der Waals surface area (Å²) in [7, 11) is 3.21. The van der Waals surface area contributed by atoms with Crippen molar-refractivity contribution in [1.82, 2.24) is 18.9 Å². The second-order valence-corrected chi connectivity index (χ2v) is 5.44. The summed E-state index contributed by atoms with van der Waals surface area (Å²) in [5, 5.41) is 6.96. The molecule has 0 bridgehead atoms. The number of anilines is 3. The van der Waals surface area contributed by atoms with Crippen molar-refractivity contribution in [1.29, 1.82) is 0 Å². The lowest BCUT2D eigenvalue weighted by atomic mass is 10.2. The van der Waals surface area contributed by atoms with E-state index in [4.69, 9.17) is 5.73 Å². The number of nitrogen functional groups attached to an aromatic ring is 1. The Hall–Kier alpha value is -2.51. The topological polar surface area (TPSA) is 99.9 Å². The highest BCUT2D eigenvalue weighted by molar-refractivity contribution is 5.68. The van der Waals surface area contributed by atoms with E-state index in [1.807, 2.05) is 13.8 Å². The van der Waals surface area contributed by atoms with Gasteiger partial charge in [-0.3, -0.25) is 18.6 Å². The number of rotatable bonds is 4. The monoisotopic (exact) mass is 292 g/mol. The molecule has 0 aliphatic carbocycles. The minimum atomic E-state index is -0.457. The Morgan fingerprint density at radius 3 is 2.52 bits per heavy atom. The van der Waals surface area contributed by atoms with Crippen LogP contribution >= 0.6 is 0 Å². The van der Waals surface area contributed by atoms with Crippen molar-refractivity contribution in [3.63, 3.8) is 0 Å². The minimum Gasteiger partial charge on any atom is -0.383 e. The number of hydrogen-bond acceptors (Lipinski definition) is 5. The lowest BCUT2D eigenvalue weighted by Gasteiger charge is -2.16. The predicted molar refractivity (Wildman–Crippen MR) is 81.7 cm³/mol. The molecule has 2 aromatic rings. The number of aryl methyl sites for hydroxylation is 1. The number of hydrogen-bond donors (Lipinski definition) is 2. The SMILES string of the molecule is CC(C)Cn1c(N)c(Nc2cnn(C)c2)c(=O)n(C)c1=O. The maximum atomic E-state index is 12.2. The third-order valence-corrected chi connectivity index (χ3v) is 3.11. The number of nitrogens with zero attached hydrogens (tertiary/aromatic N) is 4. The van der Waals surface area contributed by atoms with E-state index in [0.717, 1.165) is 4.57 Å². The number of nitrogens with two attached hydrogens (primary N) is 1. The van der Waals surface area contributed by atoms with Gasteiger partial charge in [0.15, 0.2) is 0 Å². The minimum absolute atomic E-state index is 0.139. The quantitative estimate of drug-likeness (QED) is 0.842. The van der Waals surface area contributed by atoms with Crippen LogP contribution in [0.15, 0.2) is 22.0 Å². The molecule has 8 heteroatoms. The van der Waals surface area contributed by atoms with Crippen molar-refractivity contribution in [2.75, 3.05) is 11.1 Å². The van der Waals surface area contributed by atoms with E-state index >= 15 is 0 Å². The van der Waals surface area contributed by atoms with E-state index < -0.39 is 11.2 Å².